The summed E-state index contributed by atoms with van der Waals surface area (Å²) < 4.78 is 0. The number of anilines is 1. The molecule has 2 atom stereocenters. The maximum absolute atomic E-state index is 11.9. The number of aromatic nitrogens is 2. The summed E-state index contributed by atoms with van der Waals surface area (Å²) >= 11 is 1.58. The van der Waals surface area contributed by atoms with Crippen molar-refractivity contribution in [2.45, 2.75) is 33.2 Å². The molecule has 130 valence electrons. The first-order valence-corrected chi connectivity index (χ1v) is 9.26. The highest BCUT2D eigenvalue weighted by molar-refractivity contribution is 7.17. The number of carbonyl (C=O) groups is 1. The minimum Gasteiger partial charge on any atom is -0.368 e. The first-order valence-electron chi connectivity index (χ1n) is 8.38. The van der Waals surface area contributed by atoms with Crippen molar-refractivity contribution >= 4 is 33.3 Å². The second-order valence-corrected chi connectivity index (χ2v) is 7.08. The van der Waals surface area contributed by atoms with Gasteiger partial charge in [0.15, 0.2) is 0 Å². The quantitative estimate of drug-likeness (QED) is 0.701. The molecule has 2 heterocycles. The molecule has 0 radical (unpaired) electrons. The molecule has 0 spiro atoms. The third-order valence-electron chi connectivity index (χ3n) is 4.44. The van der Waals surface area contributed by atoms with Crippen LogP contribution in [0.5, 0.6) is 0 Å². The van der Waals surface area contributed by atoms with Gasteiger partial charge in [0.2, 0.25) is 5.91 Å². The van der Waals surface area contributed by atoms with Crippen molar-refractivity contribution in [3.05, 3.63) is 41.5 Å². The molecule has 0 fully saturated rings. The molecule has 3 aromatic rings. The monoisotopic (exact) mass is 354 g/mol. The number of primary amides is 1. The van der Waals surface area contributed by atoms with Crippen LogP contribution in [-0.2, 0) is 4.79 Å². The molecule has 6 heteroatoms. The van der Waals surface area contributed by atoms with Crippen LogP contribution in [0.15, 0.2) is 35.7 Å². The van der Waals surface area contributed by atoms with Crippen LogP contribution in [0.1, 0.15) is 26.1 Å². The van der Waals surface area contributed by atoms with E-state index in [4.69, 9.17) is 5.73 Å². The first-order chi connectivity index (χ1) is 12.0. The molecular weight excluding hydrogens is 332 g/mol. The van der Waals surface area contributed by atoms with Gasteiger partial charge in [0.05, 0.1) is 5.39 Å². The van der Waals surface area contributed by atoms with Gasteiger partial charge in [-0.15, -0.1) is 11.3 Å². The molecule has 0 saturated carbocycles. The van der Waals surface area contributed by atoms with Crippen LogP contribution in [0.4, 0.5) is 5.82 Å². The van der Waals surface area contributed by atoms with Crippen LogP contribution in [0.25, 0.3) is 21.3 Å². The number of aryl methyl sites for hydroxylation is 1. The van der Waals surface area contributed by atoms with Gasteiger partial charge in [-0.25, -0.2) is 9.97 Å². The van der Waals surface area contributed by atoms with E-state index in [0.29, 0.717) is 11.6 Å². The van der Waals surface area contributed by atoms with Crippen molar-refractivity contribution in [1.82, 2.24) is 9.97 Å². The van der Waals surface area contributed by atoms with Gasteiger partial charge in [-0.1, -0.05) is 50.6 Å². The largest absolute Gasteiger partial charge is 0.368 e. The minimum absolute atomic E-state index is 0.113. The van der Waals surface area contributed by atoms with Crippen LogP contribution < -0.4 is 11.1 Å². The van der Waals surface area contributed by atoms with Crippen LogP contribution in [0.2, 0.25) is 0 Å². The number of benzene rings is 1. The third kappa shape index (κ3) is 3.49. The average molecular weight is 354 g/mol. The Bertz CT molecular complexity index is 891. The second-order valence-electron chi connectivity index (χ2n) is 6.22. The van der Waals surface area contributed by atoms with Crippen LogP contribution in [0, 0.1) is 12.8 Å². The number of hydrogen-bond acceptors (Lipinski definition) is 5. The Morgan fingerprint density at radius 1 is 1.28 bits per heavy atom. The van der Waals surface area contributed by atoms with Gasteiger partial charge in [0.25, 0.3) is 0 Å². The predicted molar refractivity (Wildman–Crippen MR) is 104 cm³/mol. The summed E-state index contributed by atoms with van der Waals surface area (Å²) in [5, 5.41) is 6.32. The predicted octanol–water partition coefficient (Wildman–Crippen LogP) is 3.98. The van der Waals surface area contributed by atoms with Crippen LogP contribution >= 0.6 is 11.3 Å². The Morgan fingerprint density at radius 3 is 2.64 bits per heavy atom. The van der Waals surface area contributed by atoms with E-state index in [2.05, 4.69) is 32.8 Å². The van der Waals surface area contributed by atoms with Gasteiger partial charge < -0.3 is 11.1 Å². The van der Waals surface area contributed by atoms with Crippen LogP contribution in [-0.4, -0.2) is 21.9 Å². The van der Waals surface area contributed by atoms with E-state index >= 15 is 0 Å². The fourth-order valence-electron chi connectivity index (χ4n) is 2.86. The van der Waals surface area contributed by atoms with Gasteiger partial charge in [0.1, 0.15) is 22.5 Å². The summed E-state index contributed by atoms with van der Waals surface area (Å²) in [4.78, 5) is 22.0. The number of fused-ring (bicyclic) bond motifs is 1. The van der Waals surface area contributed by atoms with Gasteiger partial charge in [-0.2, -0.15) is 0 Å². The third-order valence-corrected chi connectivity index (χ3v) is 5.31. The maximum atomic E-state index is 11.9. The van der Waals surface area contributed by atoms with Gasteiger partial charge in [-0.05, 0) is 18.4 Å². The number of hydrogen-bond donors (Lipinski definition) is 2. The highest BCUT2D eigenvalue weighted by Crippen LogP contribution is 2.37. The number of carbonyl (C=O) groups excluding carboxylic acids is 1. The Labute approximate surface area is 151 Å². The number of nitrogens with zero attached hydrogens (tertiary/aromatic N) is 2. The molecule has 2 aromatic heterocycles. The lowest BCUT2D eigenvalue weighted by molar-refractivity contribution is -0.119. The molecule has 3 rings (SSSR count). The van der Waals surface area contributed by atoms with E-state index in [9.17, 15) is 4.79 Å². The van der Waals surface area contributed by atoms with E-state index in [-0.39, 0.29) is 11.8 Å². The van der Waals surface area contributed by atoms with Gasteiger partial charge >= 0.3 is 0 Å². The molecule has 0 bridgehead atoms. The molecule has 0 saturated heterocycles. The SMILES string of the molecule is CCC(C)C(Nc1nc(C)nc2scc(-c3ccccc3)c12)C(N)=O. The normalized spacial score (nSPS) is 13.6. The number of nitrogens with two attached hydrogens (primary N) is 1. The number of rotatable bonds is 6. The second kappa shape index (κ2) is 7.19. The fourth-order valence-corrected chi connectivity index (χ4v) is 3.85. The van der Waals surface area contributed by atoms with Gasteiger partial charge in [0, 0.05) is 10.9 Å². The maximum Gasteiger partial charge on any atom is 0.240 e. The Balaban J connectivity index is 2.14. The molecule has 0 aliphatic carbocycles. The first kappa shape index (κ1) is 17.4. The lowest BCUT2D eigenvalue weighted by Crippen LogP contribution is -2.40. The summed E-state index contributed by atoms with van der Waals surface area (Å²) in [5.41, 5.74) is 7.79. The van der Waals surface area contributed by atoms with Crippen LogP contribution in [0.3, 0.4) is 0 Å². The number of nitrogens with one attached hydrogen (secondary N) is 1. The molecule has 1 amide bonds. The lowest BCUT2D eigenvalue weighted by Gasteiger charge is -2.22. The van der Waals surface area contributed by atoms with E-state index in [1.54, 1.807) is 11.3 Å². The lowest BCUT2D eigenvalue weighted by atomic mass is 9.98. The molecule has 0 aliphatic heterocycles. The zero-order valence-corrected chi connectivity index (χ0v) is 15.4. The Morgan fingerprint density at radius 2 is 2.00 bits per heavy atom. The molecule has 3 N–H and O–H groups in total. The molecule has 0 aliphatic rings. The van der Waals surface area contributed by atoms with E-state index in [0.717, 1.165) is 27.8 Å². The zero-order valence-electron chi connectivity index (χ0n) is 14.6. The van der Waals surface area contributed by atoms with E-state index in [1.165, 1.54) is 0 Å². The number of amides is 1. The minimum atomic E-state index is -0.467. The zero-order chi connectivity index (χ0) is 18.0. The summed E-state index contributed by atoms with van der Waals surface area (Å²) in [6.45, 7) is 5.91. The van der Waals surface area contributed by atoms with E-state index < -0.39 is 6.04 Å². The topological polar surface area (TPSA) is 80.9 Å². The summed E-state index contributed by atoms with van der Waals surface area (Å²) in [7, 11) is 0. The van der Waals surface area contributed by atoms with Gasteiger partial charge in [-0.3, -0.25) is 4.79 Å². The Hall–Kier alpha value is -2.47. The molecule has 5 nitrogen and oxygen atoms in total. The molecule has 25 heavy (non-hydrogen) atoms. The number of thiophene rings is 1. The average Bonchev–Trinajstić information content (AvgIpc) is 3.03. The molecule has 1 aromatic carbocycles. The molecular formula is C19H22N4OS. The standard InChI is InChI=1S/C19H22N4OS/c1-4-11(2)16(17(20)24)23-18-15-14(13-8-6-5-7-9-13)10-25-19(15)22-12(3)21-18/h5-11,16H,4H2,1-3H3,(H2,20,24)(H,21,22,23). The van der Waals surface area contributed by atoms with Crippen molar-refractivity contribution in [1.29, 1.82) is 0 Å². The summed E-state index contributed by atoms with van der Waals surface area (Å²) in [6.07, 6.45) is 0.850. The van der Waals surface area contributed by atoms with Crippen molar-refractivity contribution < 1.29 is 4.79 Å². The summed E-state index contributed by atoms with van der Waals surface area (Å²) in [6, 6.07) is 9.66. The van der Waals surface area contributed by atoms with E-state index in [1.807, 2.05) is 39.0 Å². The molecule has 2 unspecified atom stereocenters. The van der Waals surface area contributed by atoms with Crippen molar-refractivity contribution in [3.63, 3.8) is 0 Å². The highest BCUT2D eigenvalue weighted by atomic mass is 32.1. The Kier molecular flexibility index (Phi) is 4.99. The highest BCUT2D eigenvalue weighted by Gasteiger charge is 2.24. The fraction of sp³-hybridized carbons (Fsp3) is 0.316. The van der Waals surface area contributed by atoms with Crippen molar-refractivity contribution in [2.75, 3.05) is 5.32 Å². The van der Waals surface area contributed by atoms with Crippen molar-refractivity contribution in [2.24, 2.45) is 11.7 Å². The summed E-state index contributed by atoms with van der Waals surface area (Å²) in [5.74, 6) is 1.09. The van der Waals surface area contributed by atoms with Crippen molar-refractivity contribution in [3.8, 4) is 11.1 Å². The smallest absolute Gasteiger partial charge is 0.240 e.